The van der Waals surface area contributed by atoms with Crippen molar-refractivity contribution in [3.8, 4) is 0 Å². The molecule has 136 valence electrons. The lowest BCUT2D eigenvalue weighted by atomic mass is 10.1. The zero-order valence-electron chi connectivity index (χ0n) is 14.3. The number of hydrogen-bond acceptors (Lipinski definition) is 4. The van der Waals surface area contributed by atoms with E-state index < -0.39 is 10.0 Å². The number of hydrogen-bond donors (Lipinski definition) is 2. The van der Waals surface area contributed by atoms with Crippen molar-refractivity contribution in [3.05, 3.63) is 29.8 Å². The molecule has 24 heavy (non-hydrogen) atoms. The summed E-state index contributed by atoms with van der Waals surface area (Å²) in [6.45, 7) is 8.49. The minimum absolute atomic E-state index is 0. The Labute approximate surface area is 150 Å². The summed E-state index contributed by atoms with van der Waals surface area (Å²) in [6.07, 6.45) is 0. The minimum atomic E-state index is -3.52. The van der Waals surface area contributed by atoms with Crippen LogP contribution < -0.4 is 10.0 Å². The van der Waals surface area contributed by atoms with Gasteiger partial charge in [-0.25, -0.2) is 13.1 Å². The average molecular weight is 376 g/mol. The van der Waals surface area contributed by atoms with Crippen molar-refractivity contribution in [3.63, 3.8) is 0 Å². The van der Waals surface area contributed by atoms with Gasteiger partial charge in [0.25, 0.3) is 5.91 Å². The Morgan fingerprint density at radius 2 is 1.96 bits per heavy atom. The molecule has 6 nitrogen and oxygen atoms in total. The standard InChI is InChI=1S/C16H25N3O3S.ClH/c1-12(2)10-18-23(21,22)15-6-4-14(5-7-15)16(20)19-9-8-17-11-13(19)3;/h4-7,12-13,17-18H,8-11H2,1-3H3;1H/t13-;/m1./s1. The van der Waals surface area contributed by atoms with Crippen molar-refractivity contribution < 1.29 is 13.2 Å². The molecule has 0 unspecified atom stereocenters. The van der Waals surface area contributed by atoms with Gasteiger partial charge in [-0.2, -0.15) is 0 Å². The minimum Gasteiger partial charge on any atom is -0.333 e. The molecule has 2 rings (SSSR count). The van der Waals surface area contributed by atoms with Gasteiger partial charge in [-0.1, -0.05) is 13.8 Å². The van der Waals surface area contributed by atoms with Crippen LogP contribution in [0.5, 0.6) is 0 Å². The third-order valence-corrected chi connectivity index (χ3v) is 5.29. The molecule has 0 spiro atoms. The van der Waals surface area contributed by atoms with Crippen LogP contribution in [0.25, 0.3) is 0 Å². The second-order valence-electron chi connectivity index (χ2n) is 6.32. The summed E-state index contributed by atoms with van der Waals surface area (Å²) < 4.78 is 26.9. The van der Waals surface area contributed by atoms with Crippen LogP contribution in [-0.4, -0.2) is 51.4 Å². The lowest BCUT2D eigenvalue weighted by molar-refractivity contribution is 0.0655. The van der Waals surface area contributed by atoms with Crippen molar-refractivity contribution in [2.45, 2.75) is 31.7 Å². The fraction of sp³-hybridized carbons (Fsp3) is 0.562. The van der Waals surface area contributed by atoms with Gasteiger partial charge in [0, 0.05) is 37.8 Å². The molecule has 2 N–H and O–H groups in total. The Morgan fingerprint density at radius 3 is 2.50 bits per heavy atom. The fourth-order valence-electron chi connectivity index (χ4n) is 2.44. The average Bonchev–Trinajstić information content (AvgIpc) is 2.53. The molecule has 0 aromatic heterocycles. The number of piperazine rings is 1. The van der Waals surface area contributed by atoms with E-state index in [4.69, 9.17) is 0 Å². The van der Waals surface area contributed by atoms with Gasteiger partial charge < -0.3 is 10.2 Å². The lowest BCUT2D eigenvalue weighted by Crippen LogP contribution is -2.52. The largest absolute Gasteiger partial charge is 0.333 e. The molecular formula is C16H26ClN3O3S. The van der Waals surface area contributed by atoms with E-state index in [1.165, 1.54) is 12.1 Å². The molecule has 0 aliphatic carbocycles. The number of sulfonamides is 1. The van der Waals surface area contributed by atoms with E-state index >= 15 is 0 Å². The molecule has 0 saturated carbocycles. The third kappa shape index (κ3) is 5.17. The highest BCUT2D eigenvalue weighted by Gasteiger charge is 2.24. The second kappa shape index (κ2) is 8.80. The van der Waals surface area contributed by atoms with E-state index in [0.29, 0.717) is 18.7 Å². The Morgan fingerprint density at radius 1 is 1.33 bits per heavy atom. The van der Waals surface area contributed by atoms with Gasteiger partial charge >= 0.3 is 0 Å². The van der Waals surface area contributed by atoms with E-state index in [-0.39, 0.29) is 35.2 Å². The van der Waals surface area contributed by atoms with Gasteiger partial charge in [0.05, 0.1) is 4.90 Å². The van der Waals surface area contributed by atoms with Gasteiger partial charge in [-0.05, 0) is 37.1 Å². The van der Waals surface area contributed by atoms with Crippen LogP contribution in [0.2, 0.25) is 0 Å². The molecule has 1 saturated heterocycles. The van der Waals surface area contributed by atoms with Crippen LogP contribution in [0.1, 0.15) is 31.1 Å². The first-order valence-corrected chi connectivity index (χ1v) is 9.41. The second-order valence-corrected chi connectivity index (χ2v) is 8.09. The molecular weight excluding hydrogens is 350 g/mol. The van der Waals surface area contributed by atoms with Crippen LogP contribution in [-0.2, 0) is 10.0 Å². The molecule has 1 heterocycles. The number of carbonyl (C=O) groups is 1. The molecule has 1 aliphatic heterocycles. The topological polar surface area (TPSA) is 78.5 Å². The van der Waals surface area contributed by atoms with E-state index in [0.717, 1.165) is 13.1 Å². The van der Waals surface area contributed by atoms with Gasteiger partial charge in [0.1, 0.15) is 0 Å². The monoisotopic (exact) mass is 375 g/mol. The van der Waals surface area contributed by atoms with Gasteiger partial charge in [0.2, 0.25) is 10.0 Å². The summed E-state index contributed by atoms with van der Waals surface area (Å²) in [7, 11) is -3.52. The van der Waals surface area contributed by atoms with E-state index in [1.807, 2.05) is 25.7 Å². The Kier molecular flexibility index (Phi) is 7.66. The smallest absolute Gasteiger partial charge is 0.254 e. The third-order valence-electron chi connectivity index (χ3n) is 3.86. The number of amides is 1. The van der Waals surface area contributed by atoms with Crippen LogP contribution in [0.4, 0.5) is 0 Å². The predicted molar refractivity (Wildman–Crippen MR) is 97.1 cm³/mol. The SMILES string of the molecule is CC(C)CNS(=O)(=O)c1ccc(C(=O)N2CCNC[C@H]2C)cc1.Cl. The highest BCUT2D eigenvalue weighted by molar-refractivity contribution is 7.89. The molecule has 1 aromatic carbocycles. The maximum atomic E-state index is 12.5. The molecule has 0 radical (unpaired) electrons. The molecule has 1 fully saturated rings. The van der Waals surface area contributed by atoms with Gasteiger partial charge in [-0.15, -0.1) is 12.4 Å². The van der Waals surface area contributed by atoms with Crippen molar-refractivity contribution in [1.29, 1.82) is 0 Å². The first-order chi connectivity index (χ1) is 10.8. The van der Waals surface area contributed by atoms with Crippen LogP contribution >= 0.6 is 12.4 Å². The lowest BCUT2D eigenvalue weighted by Gasteiger charge is -2.34. The van der Waals surface area contributed by atoms with Crippen LogP contribution in [0.3, 0.4) is 0 Å². The van der Waals surface area contributed by atoms with Gasteiger partial charge in [-0.3, -0.25) is 4.79 Å². The number of benzene rings is 1. The van der Waals surface area contributed by atoms with E-state index in [1.54, 1.807) is 12.1 Å². The van der Waals surface area contributed by atoms with Crippen LogP contribution in [0, 0.1) is 5.92 Å². The zero-order chi connectivity index (χ0) is 17.0. The maximum absolute atomic E-state index is 12.5. The normalized spacial score (nSPS) is 18.3. The Bertz CT molecular complexity index is 647. The number of nitrogens with one attached hydrogen (secondary N) is 2. The Hall–Kier alpha value is -1.15. The van der Waals surface area contributed by atoms with Crippen LogP contribution in [0.15, 0.2) is 29.2 Å². The zero-order valence-corrected chi connectivity index (χ0v) is 15.9. The van der Waals surface area contributed by atoms with Crippen molar-refractivity contribution in [1.82, 2.24) is 14.9 Å². The molecule has 1 atom stereocenters. The number of carbonyl (C=O) groups excluding carboxylic acids is 1. The maximum Gasteiger partial charge on any atom is 0.254 e. The highest BCUT2D eigenvalue weighted by Crippen LogP contribution is 2.14. The fourth-order valence-corrected chi connectivity index (χ4v) is 3.66. The summed E-state index contributed by atoms with van der Waals surface area (Å²) in [5.41, 5.74) is 0.515. The summed E-state index contributed by atoms with van der Waals surface area (Å²) in [6, 6.07) is 6.28. The molecule has 8 heteroatoms. The first-order valence-electron chi connectivity index (χ1n) is 7.92. The van der Waals surface area contributed by atoms with E-state index in [2.05, 4.69) is 10.0 Å². The number of nitrogens with zero attached hydrogens (tertiary/aromatic N) is 1. The summed E-state index contributed by atoms with van der Waals surface area (Å²) in [5, 5.41) is 3.24. The molecule has 1 amide bonds. The molecule has 1 aliphatic rings. The van der Waals surface area contributed by atoms with E-state index in [9.17, 15) is 13.2 Å². The first kappa shape index (κ1) is 20.9. The Balaban J connectivity index is 0.00000288. The predicted octanol–water partition coefficient (Wildman–Crippen LogP) is 1.48. The summed E-state index contributed by atoms with van der Waals surface area (Å²) >= 11 is 0. The number of halogens is 1. The highest BCUT2D eigenvalue weighted by atomic mass is 35.5. The number of rotatable bonds is 5. The molecule has 0 bridgehead atoms. The summed E-state index contributed by atoms with van der Waals surface area (Å²) in [5.74, 6) is 0.179. The van der Waals surface area contributed by atoms with Gasteiger partial charge in [0.15, 0.2) is 0 Å². The molecule has 1 aromatic rings. The quantitative estimate of drug-likeness (QED) is 0.817. The van der Waals surface area contributed by atoms with Crippen molar-refractivity contribution >= 4 is 28.3 Å². The van der Waals surface area contributed by atoms with Crippen molar-refractivity contribution in [2.75, 3.05) is 26.2 Å². The summed E-state index contributed by atoms with van der Waals surface area (Å²) in [4.78, 5) is 14.5. The van der Waals surface area contributed by atoms with Crippen molar-refractivity contribution in [2.24, 2.45) is 5.92 Å².